The smallest absolute Gasteiger partial charge is 0.284 e. The summed E-state index contributed by atoms with van der Waals surface area (Å²) in [5.74, 6) is 0.755. The maximum absolute atomic E-state index is 12.7. The predicted molar refractivity (Wildman–Crippen MR) is 91.8 cm³/mol. The molecule has 0 spiro atoms. The Kier molecular flexibility index (Phi) is 5.19. The van der Waals surface area contributed by atoms with Crippen LogP contribution in [0, 0.1) is 0 Å². The molecule has 25 heavy (non-hydrogen) atoms. The van der Waals surface area contributed by atoms with E-state index in [0.717, 1.165) is 11.8 Å². The molecule has 2 aromatic rings. The number of carbonyl (C=O) groups is 1. The van der Waals surface area contributed by atoms with Crippen LogP contribution in [-0.2, 0) is 14.6 Å². The monoisotopic (exact) mass is 385 g/mol. The molecule has 0 saturated carbocycles. The van der Waals surface area contributed by atoms with Crippen molar-refractivity contribution in [2.24, 2.45) is 0 Å². The molecule has 2 atom stereocenters. The average molecular weight is 385 g/mol. The molecule has 8 nitrogen and oxygen atoms in total. The summed E-state index contributed by atoms with van der Waals surface area (Å²) in [7, 11) is -3.04. The summed E-state index contributed by atoms with van der Waals surface area (Å²) >= 11 is 1.15. The lowest BCUT2D eigenvalue weighted by molar-refractivity contribution is -0.131. The third kappa shape index (κ3) is 4.06. The maximum Gasteiger partial charge on any atom is 0.284 e. The van der Waals surface area contributed by atoms with Crippen molar-refractivity contribution in [1.82, 2.24) is 15.1 Å². The fraction of sp³-hybridized carbons (Fsp3) is 0.533. The van der Waals surface area contributed by atoms with Crippen molar-refractivity contribution in [3.05, 3.63) is 18.4 Å². The Morgan fingerprint density at radius 3 is 2.88 bits per heavy atom. The van der Waals surface area contributed by atoms with Crippen LogP contribution in [0.25, 0.3) is 11.7 Å². The van der Waals surface area contributed by atoms with Gasteiger partial charge in [-0.15, -0.1) is 10.2 Å². The highest BCUT2D eigenvalue weighted by Crippen LogP contribution is 2.28. The topological polar surface area (TPSA) is 107 Å². The van der Waals surface area contributed by atoms with E-state index in [9.17, 15) is 13.2 Å². The zero-order valence-corrected chi connectivity index (χ0v) is 15.5. The normalized spacial score (nSPS) is 20.5. The first kappa shape index (κ1) is 18.0. The first-order valence-electron chi connectivity index (χ1n) is 7.94. The molecule has 1 amide bonds. The lowest BCUT2D eigenvalue weighted by Crippen LogP contribution is -2.44. The number of hydrogen-bond acceptors (Lipinski definition) is 8. The number of furan rings is 1. The molecule has 10 heteroatoms. The van der Waals surface area contributed by atoms with Gasteiger partial charge in [0.1, 0.15) is 0 Å². The van der Waals surface area contributed by atoms with Crippen molar-refractivity contribution in [2.75, 3.05) is 18.1 Å². The van der Waals surface area contributed by atoms with Gasteiger partial charge in [-0.2, -0.15) is 0 Å². The standard InChI is InChI=1S/C15H19N3O5S2/c1-3-18(11-6-8-25(20,21)9-11)14(19)10(2)24-15-17-16-13(23-15)12-5-4-7-22-12/h4-5,7,10-11H,3,6,8-9H2,1-2H3. The van der Waals surface area contributed by atoms with E-state index >= 15 is 0 Å². The summed E-state index contributed by atoms with van der Waals surface area (Å²) in [4.78, 5) is 14.3. The number of sulfone groups is 1. The van der Waals surface area contributed by atoms with Crippen LogP contribution in [0.3, 0.4) is 0 Å². The summed E-state index contributed by atoms with van der Waals surface area (Å²) in [5.41, 5.74) is 0. The van der Waals surface area contributed by atoms with E-state index in [2.05, 4.69) is 10.2 Å². The van der Waals surface area contributed by atoms with Gasteiger partial charge in [-0.3, -0.25) is 4.79 Å². The minimum absolute atomic E-state index is 0.0349. The van der Waals surface area contributed by atoms with Gasteiger partial charge in [0, 0.05) is 12.6 Å². The van der Waals surface area contributed by atoms with Crippen LogP contribution in [-0.4, -0.2) is 58.8 Å². The molecule has 0 N–H and O–H groups in total. The van der Waals surface area contributed by atoms with Crippen LogP contribution in [0.15, 0.2) is 32.5 Å². The van der Waals surface area contributed by atoms with Gasteiger partial charge >= 0.3 is 0 Å². The number of thioether (sulfide) groups is 1. The summed E-state index contributed by atoms with van der Waals surface area (Å²) in [6.45, 7) is 4.06. The van der Waals surface area contributed by atoms with Crippen LogP contribution in [0.5, 0.6) is 0 Å². The van der Waals surface area contributed by atoms with Gasteiger partial charge in [-0.05, 0) is 32.4 Å². The van der Waals surface area contributed by atoms with E-state index in [0.29, 0.717) is 18.7 Å². The van der Waals surface area contributed by atoms with E-state index in [-0.39, 0.29) is 34.6 Å². The molecular formula is C15H19N3O5S2. The summed E-state index contributed by atoms with van der Waals surface area (Å²) < 4.78 is 34.0. The zero-order valence-electron chi connectivity index (χ0n) is 13.9. The average Bonchev–Trinajstić information content (AvgIpc) is 3.28. The highest BCUT2D eigenvalue weighted by Gasteiger charge is 2.35. The van der Waals surface area contributed by atoms with Crippen LogP contribution >= 0.6 is 11.8 Å². The van der Waals surface area contributed by atoms with Gasteiger partial charge in [0.05, 0.1) is 23.0 Å². The first-order chi connectivity index (χ1) is 11.9. The number of aromatic nitrogens is 2. The van der Waals surface area contributed by atoms with Crippen LogP contribution in [0.2, 0.25) is 0 Å². The Balaban J connectivity index is 1.65. The molecular weight excluding hydrogens is 366 g/mol. The fourth-order valence-corrected chi connectivity index (χ4v) is 5.29. The van der Waals surface area contributed by atoms with Crippen molar-refractivity contribution < 1.29 is 22.0 Å². The van der Waals surface area contributed by atoms with E-state index < -0.39 is 15.1 Å². The van der Waals surface area contributed by atoms with E-state index in [1.165, 1.54) is 6.26 Å². The Morgan fingerprint density at radius 2 is 2.28 bits per heavy atom. The second kappa shape index (κ2) is 7.20. The quantitative estimate of drug-likeness (QED) is 0.694. The predicted octanol–water partition coefficient (Wildman–Crippen LogP) is 1.85. The fourth-order valence-electron chi connectivity index (χ4n) is 2.81. The minimum Gasteiger partial charge on any atom is -0.459 e. The summed E-state index contributed by atoms with van der Waals surface area (Å²) in [6.07, 6.45) is 2.00. The number of amides is 1. The number of hydrogen-bond donors (Lipinski definition) is 0. The van der Waals surface area contributed by atoms with Crippen molar-refractivity contribution in [2.45, 2.75) is 36.8 Å². The molecule has 3 heterocycles. The van der Waals surface area contributed by atoms with Gasteiger partial charge in [-0.25, -0.2) is 8.42 Å². The Hall–Kier alpha value is -1.81. The lowest BCUT2D eigenvalue weighted by Gasteiger charge is -2.28. The summed E-state index contributed by atoms with van der Waals surface area (Å²) in [5, 5.41) is 7.62. The maximum atomic E-state index is 12.7. The molecule has 136 valence electrons. The van der Waals surface area contributed by atoms with Gasteiger partial charge in [0.2, 0.25) is 5.91 Å². The molecule has 1 aliphatic rings. The molecule has 3 rings (SSSR count). The second-order valence-electron chi connectivity index (χ2n) is 5.79. The van der Waals surface area contributed by atoms with Crippen LogP contribution < -0.4 is 0 Å². The van der Waals surface area contributed by atoms with Crippen molar-refractivity contribution in [1.29, 1.82) is 0 Å². The van der Waals surface area contributed by atoms with Crippen molar-refractivity contribution >= 4 is 27.5 Å². The highest BCUT2D eigenvalue weighted by atomic mass is 32.2. The highest BCUT2D eigenvalue weighted by molar-refractivity contribution is 8.00. The van der Waals surface area contributed by atoms with Gasteiger partial charge in [0.25, 0.3) is 11.1 Å². The SMILES string of the molecule is CCN(C(=O)C(C)Sc1nnc(-c2ccco2)o1)C1CCS(=O)(=O)C1. The van der Waals surface area contributed by atoms with E-state index in [1.807, 2.05) is 6.92 Å². The number of nitrogens with zero attached hydrogens (tertiary/aromatic N) is 3. The molecule has 1 fully saturated rings. The first-order valence-corrected chi connectivity index (χ1v) is 10.6. The van der Waals surface area contributed by atoms with Gasteiger partial charge < -0.3 is 13.7 Å². The molecule has 2 unspecified atom stereocenters. The van der Waals surface area contributed by atoms with E-state index in [1.54, 1.807) is 24.0 Å². The third-order valence-corrected chi connectivity index (χ3v) is 6.71. The molecule has 0 aliphatic carbocycles. The number of carbonyl (C=O) groups excluding carboxylic acids is 1. The Bertz CT molecular complexity index is 831. The molecule has 0 bridgehead atoms. The second-order valence-corrected chi connectivity index (χ2v) is 9.31. The Labute approximate surface area is 149 Å². The van der Waals surface area contributed by atoms with Crippen LogP contribution in [0.4, 0.5) is 0 Å². The molecule has 0 aromatic carbocycles. The molecule has 0 radical (unpaired) electrons. The van der Waals surface area contributed by atoms with Crippen LogP contribution in [0.1, 0.15) is 20.3 Å². The molecule has 1 aliphatic heterocycles. The Morgan fingerprint density at radius 1 is 1.48 bits per heavy atom. The molecule has 1 saturated heterocycles. The van der Waals surface area contributed by atoms with Crippen molar-refractivity contribution in [3.8, 4) is 11.7 Å². The van der Waals surface area contributed by atoms with Crippen molar-refractivity contribution in [3.63, 3.8) is 0 Å². The molecule has 2 aromatic heterocycles. The zero-order chi connectivity index (χ0) is 18.0. The lowest BCUT2D eigenvalue weighted by atomic mass is 10.2. The summed E-state index contributed by atoms with van der Waals surface area (Å²) in [6, 6.07) is 3.16. The van der Waals surface area contributed by atoms with Gasteiger partial charge in [0.15, 0.2) is 15.6 Å². The third-order valence-electron chi connectivity index (χ3n) is 4.04. The minimum atomic E-state index is -3.04. The van der Waals surface area contributed by atoms with Gasteiger partial charge in [-0.1, -0.05) is 11.8 Å². The largest absolute Gasteiger partial charge is 0.459 e. The van der Waals surface area contributed by atoms with E-state index in [4.69, 9.17) is 8.83 Å². The number of rotatable bonds is 6.